The average molecular weight is 428 g/mol. The number of urea groups is 1. The minimum absolute atomic E-state index is 0.237. The lowest BCUT2D eigenvalue weighted by Crippen LogP contribution is -2.69. The highest BCUT2D eigenvalue weighted by Gasteiger charge is 2.56. The number of carbonyl (C=O) groups excluding carboxylic acids is 2. The molecule has 2 fully saturated rings. The van der Waals surface area contributed by atoms with E-state index in [-0.39, 0.29) is 6.42 Å². The Morgan fingerprint density at radius 1 is 1.20 bits per heavy atom. The molecule has 0 spiro atoms. The predicted molar refractivity (Wildman–Crippen MR) is 102 cm³/mol. The summed E-state index contributed by atoms with van der Waals surface area (Å²) >= 11 is 0. The highest BCUT2D eigenvalue weighted by molar-refractivity contribution is 6.07. The molecule has 0 aromatic heterocycles. The topological polar surface area (TPSA) is 86.7 Å². The van der Waals surface area contributed by atoms with Crippen molar-refractivity contribution in [3.8, 4) is 0 Å². The van der Waals surface area contributed by atoms with E-state index >= 15 is 0 Å². The van der Waals surface area contributed by atoms with Gasteiger partial charge in [-0.25, -0.2) is 14.5 Å². The van der Waals surface area contributed by atoms with Crippen molar-refractivity contribution in [1.82, 2.24) is 10.2 Å². The van der Waals surface area contributed by atoms with Crippen LogP contribution in [0.5, 0.6) is 0 Å². The van der Waals surface area contributed by atoms with Crippen LogP contribution in [0.4, 0.5) is 18.0 Å². The van der Waals surface area contributed by atoms with Crippen molar-refractivity contribution in [1.29, 1.82) is 0 Å². The third-order valence-corrected chi connectivity index (χ3v) is 6.25. The molecule has 1 saturated heterocycles. The van der Waals surface area contributed by atoms with Crippen molar-refractivity contribution in [2.45, 2.75) is 76.0 Å². The van der Waals surface area contributed by atoms with Gasteiger partial charge in [0.15, 0.2) is 6.04 Å². The number of hydrogen-bond acceptors (Lipinski definition) is 3. The first-order chi connectivity index (χ1) is 14.2. The van der Waals surface area contributed by atoms with Crippen LogP contribution >= 0.6 is 0 Å². The molecule has 3 rings (SSSR count). The van der Waals surface area contributed by atoms with Crippen LogP contribution in [0.25, 0.3) is 0 Å². The first-order valence-electron chi connectivity index (χ1n) is 10.5. The van der Waals surface area contributed by atoms with E-state index in [1.54, 1.807) is 0 Å². The Hall–Kier alpha value is -2.32. The van der Waals surface area contributed by atoms with Crippen molar-refractivity contribution < 1.29 is 32.7 Å². The van der Waals surface area contributed by atoms with Gasteiger partial charge >= 0.3 is 18.2 Å². The van der Waals surface area contributed by atoms with E-state index in [1.807, 2.05) is 23.5 Å². The summed E-state index contributed by atoms with van der Waals surface area (Å²) in [4.78, 5) is 37.1. The van der Waals surface area contributed by atoms with Crippen LogP contribution in [0.15, 0.2) is 23.8 Å². The fourth-order valence-electron chi connectivity index (χ4n) is 4.65. The van der Waals surface area contributed by atoms with Crippen molar-refractivity contribution in [3.05, 3.63) is 23.8 Å². The zero-order valence-corrected chi connectivity index (χ0v) is 16.7. The third kappa shape index (κ3) is 4.87. The van der Waals surface area contributed by atoms with E-state index in [4.69, 9.17) is 0 Å². The highest BCUT2D eigenvalue weighted by atomic mass is 19.4. The summed E-state index contributed by atoms with van der Waals surface area (Å²) in [7, 11) is 0. The lowest BCUT2D eigenvalue weighted by molar-refractivity contribution is -0.173. The van der Waals surface area contributed by atoms with Crippen LogP contribution in [-0.2, 0) is 9.59 Å². The molecule has 3 aliphatic rings. The number of carbonyl (C=O) groups is 3. The summed E-state index contributed by atoms with van der Waals surface area (Å²) in [5, 5.41) is 11.4. The van der Waals surface area contributed by atoms with Crippen molar-refractivity contribution in [3.63, 3.8) is 0 Å². The smallest absolute Gasteiger partial charge is 0.408 e. The molecule has 30 heavy (non-hydrogen) atoms. The Labute approximate surface area is 173 Å². The summed E-state index contributed by atoms with van der Waals surface area (Å²) in [6.07, 6.45) is 6.64. The fourth-order valence-corrected chi connectivity index (χ4v) is 4.65. The van der Waals surface area contributed by atoms with Crippen LogP contribution in [0.2, 0.25) is 0 Å². The van der Waals surface area contributed by atoms with Gasteiger partial charge in [-0.05, 0) is 44.4 Å². The molecule has 0 bridgehead atoms. The first-order valence-corrected chi connectivity index (χ1v) is 10.5. The maximum Gasteiger partial charge on any atom is 0.408 e. The van der Waals surface area contributed by atoms with E-state index in [9.17, 15) is 32.7 Å². The molecular weight excluding hydrogens is 401 g/mol. The maximum absolute atomic E-state index is 13.6. The van der Waals surface area contributed by atoms with E-state index in [1.165, 1.54) is 0 Å². The minimum atomic E-state index is -4.66. The average Bonchev–Trinajstić information content (AvgIpc) is 2.70. The number of likely N-dealkylation sites (tertiary alicyclic amines) is 1. The molecular formula is C21H27F3N2O4. The second-order valence-corrected chi connectivity index (χ2v) is 8.26. The minimum Gasteiger partial charge on any atom is -0.480 e. The summed E-state index contributed by atoms with van der Waals surface area (Å²) in [6.45, 7) is 0. The van der Waals surface area contributed by atoms with Gasteiger partial charge < -0.3 is 10.4 Å². The molecule has 1 saturated carbocycles. The molecule has 0 radical (unpaired) electrons. The van der Waals surface area contributed by atoms with E-state index in [0.717, 1.165) is 24.8 Å². The van der Waals surface area contributed by atoms with E-state index < -0.39 is 48.0 Å². The molecule has 166 valence electrons. The van der Waals surface area contributed by atoms with Crippen LogP contribution in [0.1, 0.15) is 57.8 Å². The number of rotatable bonds is 6. The molecule has 1 heterocycles. The Morgan fingerprint density at radius 2 is 1.90 bits per heavy atom. The number of β-lactam (4-membered cyclic amide) rings is 1. The molecule has 0 aromatic carbocycles. The van der Waals surface area contributed by atoms with E-state index in [0.29, 0.717) is 37.0 Å². The van der Waals surface area contributed by atoms with Gasteiger partial charge in [0.1, 0.15) is 6.04 Å². The molecule has 2 aliphatic carbocycles. The number of carboxylic acid groups (broad SMARTS) is 1. The molecule has 2 N–H and O–H groups in total. The normalized spacial score (nSPS) is 26.0. The summed E-state index contributed by atoms with van der Waals surface area (Å²) in [5.74, 6) is -3.79. The number of imide groups is 1. The second-order valence-electron chi connectivity index (χ2n) is 8.26. The predicted octanol–water partition coefficient (Wildman–Crippen LogP) is 4.18. The lowest BCUT2D eigenvalue weighted by atomic mass is 9.82. The van der Waals surface area contributed by atoms with Gasteiger partial charge in [-0.2, -0.15) is 13.2 Å². The standard InChI is InChI=1S/C21H27F3N2O4/c22-21(23,24)17(14-9-5-2-6-10-14)25-20(30)26-16(19(28)29)15(18(26)27)12-11-13-7-3-1-4-8-13/h3,7-8,14-17H,1-2,4-6,9-12H2,(H,25,30)(H,28,29)/t15-,16+,17+/m1/s1. The number of carboxylic acids is 1. The Morgan fingerprint density at radius 3 is 2.47 bits per heavy atom. The number of alkyl halides is 3. The number of amides is 3. The van der Waals surface area contributed by atoms with Crippen LogP contribution < -0.4 is 5.32 Å². The lowest BCUT2D eigenvalue weighted by Gasteiger charge is -2.44. The number of halogens is 3. The third-order valence-electron chi connectivity index (χ3n) is 6.25. The maximum atomic E-state index is 13.6. The Bertz CT molecular complexity index is 741. The molecule has 0 unspecified atom stereocenters. The monoisotopic (exact) mass is 428 g/mol. The van der Waals surface area contributed by atoms with Crippen molar-refractivity contribution in [2.75, 3.05) is 0 Å². The van der Waals surface area contributed by atoms with Crippen molar-refractivity contribution in [2.24, 2.45) is 11.8 Å². The summed E-state index contributed by atoms with van der Waals surface area (Å²) in [5.41, 5.74) is 0.996. The SMILES string of the molecule is O=C(O)[C@@H]1[C@@H](CCC2=CCCC=C2)C(=O)N1C(=O)N[C@@H](C1CCCCC1)C(F)(F)F. The van der Waals surface area contributed by atoms with Gasteiger partial charge in [-0.1, -0.05) is 43.1 Å². The Balaban J connectivity index is 1.66. The molecule has 0 aromatic rings. The molecule has 9 heteroatoms. The van der Waals surface area contributed by atoms with E-state index in [2.05, 4.69) is 0 Å². The number of nitrogens with one attached hydrogen (secondary N) is 1. The highest BCUT2D eigenvalue weighted by Crippen LogP contribution is 2.37. The molecule has 6 nitrogen and oxygen atoms in total. The first kappa shape index (κ1) is 22.4. The van der Waals surface area contributed by atoms with Gasteiger partial charge in [-0.15, -0.1) is 0 Å². The van der Waals surface area contributed by atoms with Gasteiger partial charge in [0.2, 0.25) is 5.91 Å². The van der Waals surface area contributed by atoms with Gasteiger partial charge in [-0.3, -0.25) is 4.79 Å². The Kier molecular flexibility index (Phi) is 6.88. The van der Waals surface area contributed by atoms with Gasteiger partial charge in [0.05, 0.1) is 5.92 Å². The van der Waals surface area contributed by atoms with Gasteiger partial charge in [0.25, 0.3) is 0 Å². The quantitative estimate of drug-likeness (QED) is 0.622. The zero-order chi connectivity index (χ0) is 21.9. The van der Waals surface area contributed by atoms with Gasteiger partial charge in [0, 0.05) is 0 Å². The second kappa shape index (κ2) is 9.22. The summed E-state index contributed by atoms with van der Waals surface area (Å²) < 4.78 is 40.7. The number of aliphatic carboxylic acids is 1. The number of nitrogens with zero attached hydrogens (tertiary/aromatic N) is 1. The van der Waals surface area contributed by atoms with Crippen LogP contribution in [0.3, 0.4) is 0 Å². The molecule has 3 atom stereocenters. The number of hydrogen-bond donors (Lipinski definition) is 2. The number of allylic oxidation sites excluding steroid dienone is 4. The molecule has 3 amide bonds. The van der Waals surface area contributed by atoms with Crippen LogP contribution in [-0.4, -0.2) is 46.2 Å². The largest absolute Gasteiger partial charge is 0.480 e. The fraction of sp³-hybridized carbons (Fsp3) is 0.667. The molecule has 1 aliphatic heterocycles. The zero-order valence-electron chi connectivity index (χ0n) is 16.7. The van der Waals surface area contributed by atoms with Crippen LogP contribution in [0, 0.1) is 11.8 Å². The van der Waals surface area contributed by atoms with Crippen molar-refractivity contribution >= 4 is 17.9 Å². The summed E-state index contributed by atoms with van der Waals surface area (Å²) in [6, 6.07) is -4.79.